The monoisotopic (exact) mass is 544 g/mol. The van der Waals surface area contributed by atoms with Crippen molar-refractivity contribution in [1.29, 1.82) is 0 Å². The van der Waals surface area contributed by atoms with Crippen molar-refractivity contribution >= 4 is 55.9 Å². The molecule has 0 bridgehead atoms. The molecule has 6 nitrogen and oxygen atoms in total. The molecule has 25 heavy (non-hydrogen) atoms. The number of sulfonamides is 1. The van der Waals surface area contributed by atoms with Crippen molar-refractivity contribution in [3.8, 4) is 0 Å². The van der Waals surface area contributed by atoms with Crippen LogP contribution in [0.4, 0.5) is 0 Å². The molecule has 0 heterocycles. The Morgan fingerprint density at radius 3 is 2.48 bits per heavy atom. The van der Waals surface area contributed by atoms with Crippen LogP contribution in [0.15, 0.2) is 33.7 Å². The molecule has 1 aliphatic carbocycles. The average molecular weight is 545 g/mol. The van der Waals surface area contributed by atoms with E-state index >= 15 is 0 Å². The molecule has 9 heteroatoms. The van der Waals surface area contributed by atoms with Gasteiger partial charge in [0.05, 0.1) is 5.75 Å². The summed E-state index contributed by atoms with van der Waals surface area (Å²) < 4.78 is 26.4. The normalized spacial score (nSPS) is 16.0. The lowest BCUT2D eigenvalue weighted by molar-refractivity contribution is 0.581. The lowest BCUT2D eigenvalue weighted by Gasteiger charge is -2.20. The molecular formula is C16H26BrIN4O2S. The topological polar surface area (TPSA) is 82.6 Å². The zero-order chi connectivity index (χ0) is 17.6. The van der Waals surface area contributed by atoms with Crippen molar-refractivity contribution in [2.75, 3.05) is 32.4 Å². The summed E-state index contributed by atoms with van der Waals surface area (Å²) in [7, 11) is -1.43. The van der Waals surface area contributed by atoms with E-state index in [0.29, 0.717) is 19.0 Å². The molecule has 1 aliphatic rings. The smallest absolute Gasteiger partial charge is 0.211 e. The predicted octanol–water partition coefficient (Wildman–Crippen LogP) is 2.20. The van der Waals surface area contributed by atoms with Gasteiger partial charge in [-0.1, -0.05) is 34.1 Å². The molecule has 1 aromatic rings. The van der Waals surface area contributed by atoms with E-state index in [4.69, 9.17) is 0 Å². The first-order valence-electron chi connectivity index (χ1n) is 8.09. The Morgan fingerprint density at radius 1 is 1.24 bits per heavy atom. The average Bonchev–Trinajstić information content (AvgIpc) is 3.35. The summed E-state index contributed by atoms with van der Waals surface area (Å²) in [6, 6.07) is 8.32. The Hall–Kier alpha value is -0.390. The van der Waals surface area contributed by atoms with Crippen LogP contribution in [0.3, 0.4) is 0 Å². The van der Waals surface area contributed by atoms with Crippen LogP contribution in [0.25, 0.3) is 0 Å². The van der Waals surface area contributed by atoms with E-state index in [-0.39, 0.29) is 35.1 Å². The molecule has 0 spiro atoms. The highest BCUT2D eigenvalue weighted by atomic mass is 127. The summed E-state index contributed by atoms with van der Waals surface area (Å²) >= 11 is 3.63. The summed E-state index contributed by atoms with van der Waals surface area (Å²) in [5.74, 6) is 0.776. The summed E-state index contributed by atoms with van der Waals surface area (Å²) in [5, 5.41) is 6.48. The Labute approximate surface area is 175 Å². The van der Waals surface area contributed by atoms with Crippen molar-refractivity contribution < 1.29 is 8.42 Å². The number of aliphatic imine (C=N–C) groups is 1. The van der Waals surface area contributed by atoms with Crippen molar-refractivity contribution in [1.82, 2.24) is 15.4 Å². The summed E-state index contributed by atoms with van der Waals surface area (Å²) in [6.07, 6.45) is 2.30. The van der Waals surface area contributed by atoms with Crippen LogP contribution in [0, 0.1) is 0 Å². The minimum absolute atomic E-state index is 0. The van der Waals surface area contributed by atoms with Crippen molar-refractivity contribution in [2.45, 2.75) is 25.2 Å². The number of hydrogen-bond acceptors (Lipinski definition) is 3. The Morgan fingerprint density at radius 2 is 1.92 bits per heavy atom. The molecule has 2 rings (SSSR count). The SMILES string of the molecule is CCS(=O)(=O)NCCNC(=NC)NCC1(c2ccccc2Br)CC1.I. The summed E-state index contributed by atoms with van der Waals surface area (Å²) in [4.78, 5) is 4.19. The highest BCUT2D eigenvalue weighted by molar-refractivity contribution is 14.0. The molecule has 0 unspecified atom stereocenters. The number of guanidine groups is 1. The summed E-state index contributed by atoms with van der Waals surface area (Å²) in [5.41, 5.74) is 1.48. The minimum atomic E-state index is -3.15. The van der Waals surface area contributed by atoms with Crippen molar-refractivity contribution in [3.63, 3.8) is 0 Å². The Bertz CT molecular complexity index is 693. The van der Waals surface area contributed by atoms with Crippen LogP contribution in [0.1, 0.15) is 25.3 Å². The molecule has 1 aromatic carbocycles. The van der Waals surface area contributed by atoms with Crippen LogP contribution in [-0.4, -0.2) is 46.8 Å². The van der Waals surface area contributed by atoms with Gasteiger partial charge in [-0.3, -0.25) is 4.99 Å². The number of nitrogens with zero attached hydrogens (tertiary/aromatic N) is 1. The van der Waals surface area contributed by atoms with E-state index < -0.39 is 10.0 Å². The van der Waals surface area contributed by atoms with E-state index in [0.717, 1.165) is 23.9 Å². The van der Waals surface area contributed by atoms with Gasteiger partial charge in [0.15, 0.2) is 5.96 Å². The van der Waals surface area contributed by atoms with Crippen LogP contribution in [0.5, 0.6) is 0 Å². The second-order valence-electron chi connectivity index (χ2n) is 5.91. The van der Waals surface area contributed by atoms with Gasteiger partial charge in [0.25, 0.3) is 0 Å². The molecule has 0 saturated heterocycles. The molecule has 1 fully saturated rings. The third kappa shape index (κ3) is 6.69. The molecule has 3 N–H and O–H groups in total. The van der Waals surface area contributed by atoms with Crippen molar-refractivity contribution in [2.24, 2.45) is 4.99 Å². The molecule has 0 aliphatic heterocycles. The first kappa shape index (κ1) is 22.7. The first-order valence-corrected chi connectivity index (χ1v) is 10.5. The zero-order valence-electron chi connectivity index (χ0n) is 14.5. The highest BCUT2D eigenvalue weighted by Gasteiger charge is 2.45. The third-order valence-corrected chi connectivity index (χ3v) is 6.33. The molecule has 142 valence electrons. The van der Waals surface area contributed by atoms with Gasteiger partial charge in [0, 0.05) is 36.6 Å². The molecular weight excluding hydrogens is 519 g/mol. The van der Waals surface area contributed by atoms with Crippen LogP contribution < -0.4 is 15.4 Å². The lowest BCUT2D eigenvalue weighted by Crippen LogP contribution is -2.44. The van der Waals surface area contributed by atoms with Crippen LogP contribution in [0.2, 0.25) is 0 Å². The Balaban J connectivity index is 0.00000312. The number of rotatable bonds is 8. The van der Waals surface area contributed by atoms with E-state index in [2.05, 4.69) is 54.5 Å². The molecule has 0 aromatic heterocycles. The van der Waals surface area contributed by atoms with Gasteiger partial charge in [-0.15, -0.1) is 24.0 Å². The van der Waals surface area contributed by atoms with E-state index in [1.165, 1.54) is 5.56 Å². The van der Waals surface area contributed by atoms with E-state index in [9.17, 15) is 8.42 Å². The maximum absolute atomic E-state index is 11.4. The second kappa shape index (κ2) is 10.1. The van der Waals surface area contributed by atoms with Gasteiger partial charge < -0.3 is 10.6 Å². The Kier molecular flexibility index (Phi) is 9.13. The highest BCUT2D eigenvalue weighted by Crippen LogP contribution is 2.49. The molecule has 1 saturated carbocycles. The maximum atomic E-state index is 11.4. The lowest BCUT2D eigenvalue weighted by atomic mass is 9.96. The number of nitrogens with one attached hydrogen (secondary N) is 3. The van der Waals surface area contributed by atoms with E-state index in [1.807, 2.05) is 6.07 Å². The van der Waals surface area contributed by atoms with Crippen LogP contribution in [-0.2, 0) is 15.4 Å². The third-order valence-electron chi connectivity index (χ3n) is 4.24. The zero-order valence-corrected chi connectivity index (χ0v) is 19.2. The predicted molar refractivity (Wildman–Crippen MR) is 117 cm³/mol. The second-order valence-corrected chi connectivity index (χ2v) is 8.86. The van der Waals surface area contributed by atoms with Gasteiger partial charge in [-0.25, -0.2) is 13.1 Å². The quantitative estimate of drug-likeness (QED) is 0.203. The summed E-state index contributed by atoms with van der Waals surface area (Å²) in [6.45, 7) is 3.25. The standard InChI is InChI=1S/C16H25BrN4O2S.HI/c1-3-24(22,23)21-11-10-19-15(18-2)20-12-16(8-9-16)13-6-4-5-7-14(13)17;/h4-7,21H,3,8-12H2,1-2H3,(H2,18,19,20);1H. The van der Waals surface area contributed by atoms with Gasteiger partial charge in [-0.05, 0) is 31.4 Å². The van der Waals surface area contributed by atoms with E-state index in [1.54, 1.807) is 14.0 Å². The maximum Gasteiger partial charge on any atom is 0.211 e. The van der Waals surface area contributed by atoms with Crippen molar-refractivity contribution in [3.05, 3.63) is 34.3 Å². The fourth-order valence-electron chi connectivity index (χ4n) is 2.55. The number of benzene rings is 1. The van der Waals surface area contributed by atoms with Gasteiger partial charge in [-0.2, -0.15) is 0 Å². The first-order chi connectivity index (χ1) is 11.4. The largest absolute Gasteiger partial charge is 0.356 e. The minimum Gasteiger partial charge on any atom is -0.356 e. The van der Waals surface area contributed by atoms with Gasteiger partial charge >= 0.3 is 0 Å². The van der Waals surface area contributed by atoms with Crippen LogP contribution >= 0.6 is 39.9 Å². The molecule has 0 amide bonds. The molecule has 0 radical (unpaired) electrons. The fourth-order valence-corrected chi connectivity index (χ4v) is 3.87. The fraction of sp³-hybridized carbons (Fsp3) is 0.562. The number of hydrogen-bond donors (Lipinski definition) is 3. The number of halogens is 2. The van der Waals surface area contributed by atoms with Gasteiger partial charge in [0.2, 0.25) is 10.0 Å². The molecule has 0 atom stereocenters. The van der Waals surface area contributed by atoms with Gasteiger partial charge in [0.1, 0.15) is 0 Å².